The number of nitrogens with zero attached hydrogens (tertiary/aromatic N) is 3. The van der Waals surface area contributed by atoms with Crippen LogP contribution < -0.4 is 0 Å². The van der Waals surface area contributed by atoms with E-state index >= 15 is 0 Å². The van der Waals surface area contributed by atoms with Crippen molar-refractivity contribution in [2.75, 3.05) is 0 Å². The maximum absolute atomic E-state index is 6.21. The van der Waals surface area contributed by atoms with E-state index in [2.05, 4.69) is 35.2 Å². The quantitative estimate of drug-likeness (QED) is 0.552. The first-order chi connectivity index (χ1) is 11.3. The second-order valence-electron chi connectivity index (χ2n) is 5.35. The number of rotatable bonds is 3. The van der Waals surface area contributed by atoms with Crippen LogP contribution in [0.1, 0.15) is 6.92 Å². The van der Waals surface area contributed by atoms with Crippen molar-refractivity contribution in [1.82, 2.24) is 19.7 Å². The van der Waals surface area contributed by atoms with Gasteiger partial charge in [0, 0.05) is 35.5 Å². The number of hydrogen-bond donors (Lipinski definition) is 1. The third-order valence-electron chi connectivity index (χ3n) is 3.92. The highest BCUT2D eigenvalue weighted by molar-refractivity contribution is 6.30. The van der Waals surface area contributed by atoms with Crippen LogP contribution in [0.3, 0.4) is 0 Å². The Balaban J connectivity index is 2.01. The van der Waals surface area contributed by atoms with Crippen molar-refractivity contribution in [2.45, 2.75) is 13.5 Å². The number of aromatic amines is 1. The molecule has 0 saturated carbocycles. The van der Waals surface area contributed by atoms with Gasteiger partial charge in [0.2, 0.25) is 0 Å². The zero-order valence-electron chi connectivity index (χ0n) is 12.6. The zero-order valence-corrected chi connectivity index (χ0v) is 13.4. The van der Waals surface area contributed by atoms with E-state index in [0.29, 0.717) is 5.15 Å². The van der Waals surface area contributed by atoms with Gasteiger partial charge in [-0.15, -0.1) is 0 Å². The van der Waals surface area contributed by atoms with Gasteiger partial charge in [-0.2, -0.15) is 5.10 Å². The number of aryl methyl sites for hydroxylation is 1. The summed E-state index contributed by atoms with van der Waals surface area (Å²) in [4.78, 5) is 7.46. The van der Waals surface area contributed by atoms with E-state index in [1.165, 1.54) is 0 Å². The molecule has 3 aromatic heterocycles. The van der Waals surface area contributed by atoms with Gasteiger partial charge in [-0.1, -0.05) is 41.9 Å². The topological polar surface area (TPSA) is 46.5 Å². The third kappa shape index (κ3) is 2.41. The van der Waals surface area contributed by atoms with Crippen molar-refractivity contribution in [3.8, 4) is 22.4 Å². The van der Waals surface area contributed by atoms with Crippen LogP contribution in [0.2, 0.25) is 5.15 Å². The Morgan fingerprint density at radius 1 is 1.13 bits per heavy atom. The minimum Gasteiger partial charge on any atom is -0.346 e. The van der Waals surface area contributed by atoms with Gasteiger partial charge in [-0.3, -0.25) is 4.68 Å². The van der Waals surface area contributed by atoms with Crippen molar-refractivity contribution < 1.29 is 0 Å². The summed E-state index contributed by atoms with van der Waals surface area (Å²) in [5, 5.41) is 6.25. The zero-order chi connectivity index (χ0) is 15.8. The standard InChI is InChI=1S/C18H15ClN4/c1-2-23-11-15(17(22-23)12-6-4-3-5-7-12)14-10-16(19)21-18-13(14)8-9-20-18/h3-11H,2H2,1H3,(H,20,21). The molecule has 0 aliphatic rings. The van der Waals surface area contributed by atoms with Crippen LogP contribution in [0, 0.1) is 0 Å². The lowest BCUT2D eigenvalue weighted by Crippen LogP contribution is -1.93. The van der Waals surface area contributed by atoms with Gasteiger partial charge < -0.3 is 4.98 Å². The highest BCUT2D eigenvalue weighted by Crippen LogP contribution is 2.36. The van der Waals surface area contributed by atoms with Gasteiger partial charge >= 0.3 is 0 Å². The first-order valence-electron chi connectivity index (χ1n) is 7.53. The Labute approximate surface area is 138 Å². The molecule has 4 nitrogen and oxygen atoms in total. The number of fused-ring (bicyclic) bond motifs is 1. The molecular weight excluding hydrogens is 308 g/mol. The van der Waals surface area contributed by atoms with Crippen LogP contribution in [-0.4, -0.2) is 19.7 Å². The number of halogens is 1. The molecule has 5 heteroatoms. The van der Waals surface area contributed by atoms with Crippen LogP contribution in [0.15, 0.2) is 54.9 Å². The van der Waals surface area contributed by atoms with Crippen molar-refractivity contribution in [3.05, 3.63) is 60.0 Å². The molecule has 0 aliphatic carbocycles. The predicted octanol–water partition coefficient (Wildman–Crippen LogP) is 4.77. The largest absolute Gasteiger partial charge is 0.346 e. The lowest BCUT2D eigenvalue weighted by atomic mass is 10.0. The molecule has 4 rings (SSSR count). The van der Waals surface area contributed by atoms with Crippen molar-refractivity contribution in [1.29, 1.82) is 0 Å². The fourth-order valence-corrected chi connectivity index (χ4v) is 3.01. The summed E-state index contributed by atoms with van der Waals surface area (Å²) < 4.78 is 1.95. The fraction of sp³-hybridized carbons (Fsp3) is 0.111. The number of pyridine rings is 1. The number of H-pyrrole nitrogens is 1. The summed E-state index contributed by atoms with van der Waals surface area (Å²) in [6.45, 7) is 2.89. The van der Waals surface area contributed by atoms with Crippen LogP contribution in [-0.2, 0) is 6.54 Å². The second kappa shape index (κ2) is 5.56. The lowest BCUT2D eigenvalue weighted by Gasteiger charge is -2.05. The molecule has 0 aliphatic heterocycles. The van der Waals surface area contributed by atoms with Gasteiger partial charge in [0.05, 0.1) is 0 Å². The number of hydrogen-bond acceptors (Lipinski definition) is 2. The van der Waals surface area contributed by atoms with Crippen LogP contribution in [0.4, 0.5) is 0 Å². The number of aromatic nitrogens is 4. The molecule has 0 atom stereocenters. The Kier molecular flexibility index (Phi) is 3.39. The first kappa shape index (κ1) is 14.0. The van der Waals surface area contributed by atoms with Crippen molar-refractivity contribution in [2.24, 2.45) is 0 Å². The summed E-state index contributed by atoms with van der Waals surface area (Å²) in [6.07, 6.45) is 3.95. The normalized spacial score (nSPS) is 11.2. The molecule has 4 aromatic rings. The summed E-state index contributed by atoms with van der Waals surface area (Å²) in [5.74, 6) is 0. The molecule has 1 aromatic carbocycles. The Hall–Kier alpha value is -2.59. The average Bonchev–Trinajstić information content (AvgIpc) is 3.21. The summed E-state index contributed by atoms with van der Waals surface area (Å²) in [7, 11) is 0. The van der Waals surface area contributed by atoms with Crippen LogP contribution in [0.25, 0.3) is 33.4 Å². The molecular formula is C18H15ClN4. The molecule has 0 fully saturated rings. The van der Waals surface area contributed by atoms with Gasteiger partial charge in [-0.25, -0.2) is 4.98 Å². The summed E-state index contributed by atoms with van der Waals surface area (Å²) >= 11 is 6.21. The molecule has 3 heterocycles. The van der Waals surface area contributed by atoms with E-state index in [1.54, 1.807) is 0 Å². The Morgan fingerprint density at radius 2 is 1.96 bits per heavy atom. The third-order valence-corrected chi connectivity index (χ3v) is 4.11. The summed E-state index contributed by atoms with van der Waals surface area (Å²) in [5.41, 5.74) is 4.94. The maximum atomic E-state index is 6.21. The molecule has 23 heavy (non-hydrogen) atoms. The van der Waals surface area contributed by atoms with E-state index in [-0.39, 0.29) is 0 Å². The molecule has 1 N–H and O–H groups in total. The fourth-order valence-electron chi connectivity index (χ4n) is 2.82. The second-order valence-corrected chi connectivity index (χ2v) is 5.73. The minimum atomic E-state index is 0.471. The monoisotopic (exact) mass is 322 g/mol. The van der Waals surface area contributed by atoms with E-state index in [0.717, 1.165) is 40.0 Å². The smallest absolute Gasteiger partial charge is 0.139 e. The van der Waals surface area contributed by atoms with Crippen LogP contribution in [0.5, 0.6) is 0 Å². The van der Waals surface area contributed by atoms with Gasteiger partial charge in [0.25, 0.3) is 0 Å². The average molecular weight is 323 g/mol. The number of benzene rings is 1. The molecule has 0 radical (unpaired) electrons. The Morgan fingerprint density at radius 3 is 2.74 bits per heavy atom. The molecule has 0 saturated heterocycles. The molecule has 0 amide bonds. The van der Waals surface area contributed by atoms with Crippen molar-refractivity contribution >= 4 is 22.6 Å². The van der Waals surface area contributed by atoms with Gasteiger partial charge in [-0.05, 0) is 24.6 Å². The van der Waals surface area contributed by atoms with Crippen LogP contribution >= 0.6 is 11.6 Å². The molecule has 0 bridgehead atoms. The summed E-state index contributed by atoms with van der Waals surface area (Å²) in [6, 6.07) is 14.1. The molecule has 0 spiro atoms. The highest BCUT2D eigenvalue weighted by Gasteiger charge is 2.16. The highest BCUT2D eigenvalue weighted by atomic mass is 35.5. The van der Waals surface area contributed by atoms with E-state index in [4.69, 9.17) is 16.7 Å². The van der Waals surface area contributed by atoms with Crippen molar-refractivity contribution in [3.63, 3.8) is 0 Å². The molecule has 0 unspecified atom stereocenters. The Bertz CT molecular complexity index is 969. The van der Waals surface area contributed by atoms with Gasteiger partial charge in [0.1, 0.15) is 16.5 Å². The number of nitrogens with one attached hydrogen (secondary N) is 1. The van der Waals surface area contributed by atoms with E-state index in [1.807, 2.05) is 41.2 Å². The maximum Gasteiger partial charge on any atom is 0.139 e. The van der Waals surface area contributed by atoms with E-state index < -0.39 is 0 Å². The minimum absolute atomic E-state index is 0.471. The first-order valence-corrected chi connectivity index (χ1v) is 7.91. The SMILES string of the molecule is CCn1cc(-c2cc(Cl)nc3[nH]ccc23)c(-c2ccccc2)n1. The van der Waals surface area contributed by atoms with E-state index in [9.17, 15) is 0 Å². The lowest BCUT2D eigenvalue weighted by molar-refractivity contribution is 0.662. The predicted molar refractivity (Wildman–Crippen MR) is 93.4 cm³/mol. The molecule has 114 valence electrons. The van der Waals surface area contributed by atoms with Gasteiger partial charge in [0.15, 0.2) is 0 Å².